The molecule has 1 rings (SSSR count). The minimum atomic E-state index is -3.55. The van der Waals surface area contributed by atoms with Gasteiger partial charge in [0.1, 0.15) is 0 Å². The Labute approximate surface area is 52.5 Å². The molecule has 0 bridgehead atoms. The molecule has 0 aromatic rings. The third kappa shape index (κ3) is 1.39. The maximum atomic E-state index is 10.4. The number of oxime groups is 1. The van der Waals surface area contributed by atoms with Gasteiger partial charge in [0.05, 0.1) is 0 Å². The van der Waals surface area contributed by atoms with Crippen LogP contribution in [0.25, 0.3) is 0 Å². The SMILES string of the molecule is NS(=O)(=O)C1CC=NO1. The van der Waals surface area contributed by atoms with Crippen molar-refractivity contribution in [2.24, 2.45) is 10.3 Å². The largest absolute Gasteiger partial charge is 0.375 e. The number of hydrogen-bond acceptors (Lipinski definition) is 4. The fourth-order valence-corrected chi connectivity index (χ4v) is 1.00. The molecule has 0 amide bonds. The van der Waals surface area contributed by atoms with Crippen LogP contribution in [0.5, 0.6) is 0 Å². The number of primary sulfonamides is 1. The molecular formula is C3H6N2O3S. The highest BCUT2D eigenvalue weighted by atomic mass is 32.2. The lowest BCUT2D eigenvalue weighted by Crippen LogP contribution is -2.27. The molecule has 0 radical (unpaired) electrons. The molecule has 9 heavy (non-hydrogen) atoms. The molecule has 52 valence electrons. The first-order chi connectivity index (χ1) is 4.11. The van der Waals surface area contributed by atoms with Crippen LogP contribution in [0.15, 0.2) is 5.16 Å². The molecule has 0 aromatic heterocycles. The Balaban J connectivity index is 2.68. The van der Waals surface area contributed by atoms with E-state index in [9.17, 15) is 8.42 Å². The van der Waals surface area contributed by atoms with Gasteiger partial charge < -0.3 is 4.84 Å². The van der Waals surface area contributed by atoms with Gasteiger partial charge in [-0.15, -0.1) is 0 Å². The molecular weight excluding hydrogens is 144 g/mol. The number of nitrogens with zero attached hydrogens (tertiary/aromatic N) is 1. The van der Waals surface area contributed by atoms with Crippen molar-refractivity contribution >= 4 is 16.2 Å². The minimum absolute atomic E-state index is 0.249. The van der Waals surface area contributed by atoms with E-state index in [4.69, 9.17) is 5.14 Å². The molecule has 6 heteroatoms. The van der Waals surface area contributed by atoms with E-state index in [2.05, 4.69) is 9.99 Å². The Morgan fingerprint density at radius 3 is 2.67 bits per heavy atom. The summed E-state index contributed by atoms with van der Waals surface area (Å²) in [6.07, 6.45) is 1.62. The van der Waals surface area contributed by atoms with E-state index in [0.29, 0.717) is 0 Å². The van der Waals surface area contributed by atoms with Gasteiger partial charge >= 0.3 is 0 Å². The Morgan fingerprint density at radius 1 is 1.78 bits per heavy atom. The van der Waals surface area contributed by atoms with E-state index in [1.807, 2.05) is 0 Å². The second-order valence-corrected chi connectivity index (χ2v) is 3.35. The Kier molecular flexibility index (Phi) is 1.42. The van der Waals surface area contributed by atoms with E-state index in [1.54, 1.807) is 0 Å². The van der Waals surface area contributed by atoms with Gasteiger partial charge in [0.15, 0.2) is 0 Å². The molecule has 0 saturated heterocycles. The highest BCUT2D eigenvalue weighted by molar-refractivity contribution is 7.89. The van der Waals surface area contributed by atoms with Crippen LogP contribution in [0.2, 0.25) is 0 Å². The summed E-state index contributed by atoms with van der Waals surface area (Å²) in [5, 5.41) is 7.96. The zero-order valence-corrected chi connectivity index (χ0v) is 5.34. The average molecular weight is 150 g/mol. The summed E-state index contributed by atoms with van der Waals surface area (Å²) < 4.78 is 20.8. The molecule has 0 saturated carbocycles. The molecule has 1 aliphatic heterocycles. The minimum Gasteiger partial charge on any atom is -0.375 e. The first kappa shape index (κ1) is 6.50. The molecule has 1 aliphatic rings. The molecule has 1 unspecified atom stereocenters. The van der Waals surface area contributed by atoms with Gasteiger partial charge in [-0.05, 0) is 0 Å². The van der Waals surface area contributed by atoms with Crippen LogP contribution >= 0.6 is 0 Å². The smallest absolute Gasteiger partial charge is 0.250 e. The maximum absolute atomic E-state index is 10.4. The van der Waals surface area contributed by atoms with E-state index >= 15 is 0 Å². The zero-order valence-electron chi connectivity index (χ0n) is 4.52. The van der Waals surface area contributed by atoms with Crippen molar-refractivity contribution in [3.8, 4) is 0 Å². The standard InChI is InChI=1S/C3H6N2O3S/c4-9(6,7)3-1-2-5-8-3/h2-3H,1H2,(H2,4,6,7). The van der Waals surface area contributed by atoms with Crippen molar-refractivity contribution in [3.63, 3.8) is 0 Å². The summed E-state index contributed by atoms with van der Waals surface area (Å²) in [5.41, 5.74) is -0.961. The highest BCUT2D eigenvalue weighted by Crippen LogP contribution is 2.07. The van der Waals surface area contributed by atoms with Crippen molar-refractivity contribution < 1.29 is 13.3 Å². The van der Waals surface area contributed by atoms with Gasteiger partial charge in [-0.1, -0.05) is 5.16 Å². The van der Waals surface area contributed by atoms with Crippen LogP contribution in [-0.2, 0) is 14.9 Å². The molecule has 0 aliphatic carbocycles. The fourth-order valence-electron chi connectivity index (χ4n) is 0.477. The van der Waals surface area contributed by atoms with Crippen LogP contribution in [0.1, 0.15) is 6.42 Å². The Hall–Kier alpha value is -0.620. The van der Waals surface area contributed by atoms with Gasteiger partial charge in [0, 0.05) is 12.6 Å². The van der Waals surface area contributed by atoms with Gasteiger partial charge in [0.2, 0.25) is 5.44 Å². The second kappa shape index (κ2) is 1.96. The van der Waals surface area contributed by atoms with Crippen molar-refractivity contribution in [2.45, 2.75) is 11.9 Å². The van der Waals surface area contributed by atoms with E-state index < -0.39 is 15.5 Å². The summed E-state index contributed by atoms with van der Waals surface area (Å²) in [6.45, 7) is 0. The van der Waals surface area contributed by atoms with Crippen molar-refractivity contribution in [3.05, 3.63) is 0 Å². The van der Waals surface area contributed by atoms with Crippen molar-refractivity contribution in [1.82, 2.24) is 0 Å². The summed E-state index contributed by atoms with van der Waals surface area (Å²) in [4.78, 5) is 4.37. The third-order valence-corrected chi connectivity index (χ3v) is 1.93. The molecule has 1 atom stereocenters. The second-order valence-electron chi connectivity index (χ2n) is 1.65. The molecule has 0 fully saturated rings. The normalized spacial score (nSPS) is 26.1. The predicted octanol–water partition coefficient (Wildman–Crippen LogP) is -0.993. The molecule has 1 heterocycles. The summed E-state index contributed by atoms with van der Waals surface area (Å²) >= 11 is 0. The van der Waals surface area contributed by atoms with E-state index in [0.717, 1.165) is 0 Å². The maximum Gasteiger partial charge on any atom is 0.250 e. The quantitative estimate of drug-likeness (QED) is 0.520. The van der Waals surface area contributed by atoms with Gasteiger partial charge in [0.25, 0.3) is 10.0 Å². The predicted molar refractivity (Wildman–Crippen MR) is 31.1 cm³/mol. The Bertz CT molecular complexity index is 211. The first-order valence-electron chi connectivity index (χ1n) is 2.30. The van der Waals surface area contributed by atoms with E-state index in [1.165, 1.54) is 6.21 Å². The lowest BCUT2D eigenvalue weighted by molar-refractivity contribution is 0.140. The lowest BCUT2D eigenvalue weighted by atomic mass is 10.5. The van der Waals surface area contributed by atoms with Crippen molar-refractivity contribution in [1.29, 1.82) is 0 Å². The number of rotatable bonds is 1. The van der Waals surface area contributed by atoms with Crippen LogP contribution in [-0.4, -0.2) is 20.1 Å². The van der Waals surface area contributed by atoms with Crippen molar-refractivity contribution in [2.75, 3.05) is 0 Å². The first-order valence-corrected chi connectivity index (χ1v) is 3.91. The number of hydrogen-bond donors (Lipinski definition) is 1. The van der Waals surface area contributed by atoms with Crippen LogP contribution in [0, 0.1) is 0 Å². The highest BCUT2D eigenvalue weighted by Gasteiger charge is 2.25. The van der Waals surface area contributed by atoms with E-state index in [-0.39, 0.29) is 6.42 Å². The lowest BCUT2D eigenvalue weighted by Gasteiger charge is -2.02. The van der Waals surface area contributed by atoms with Gasteiger partial charge in [-0.25, -0.2) is 13.6 Å². The van der Waals surface area contributed by atoms with Gasteiger partial charge in [-0.2, -0.15) is 0 Å². The van der Waals surface area contributed by atoms with Crippen LogP contribution in [0.3, 0.4) is 0 Å². The number of nitrogens with two attached hydrogens (primary N) is 1. The summed E-state index contributed by atoms with van der Waals surface area (Å²) in [7, 11) is -3.55. The number of sulfonamides is 1. The fraction of sp³-hybridized carbons (Fsp3) is 0.667. The topological polar surface area (TPSA) is 81.8 Å². The zero-order chi connectivity index (χ0) is 6.91. The van der Waals surface area contributed by atoms with Gasteiger partial charge in [-0.3, -0.25) is 0 Å². The molecule has 5 nitrogen and oxygen atoms in total. The molecule has 0 spiro atoms. The third-order valence-electron chi connectivity index (χ3n) is 0.917. The summed E-state index contributed by atoms with van der Waals surface area (Å²) in [5.74, 6) is 0. The molecule has 2 N–H and O–H groups in total. The van der Waals surface area contributed by atoms with Crippen LogP contribution in [0.4, 0.5) is 0 Å². The average Bonchev–Trinajstić information content (AvgIpc) is 2.08. The molecule has 0 aromatic carbocycles. The Morgan fingerprint density at radius 2 is 2.44 bits per heavy atom. The summed E-state index contributed by atoms with van der Waals surface area (Å²) in [6, 6.07) is 0. The monoisotopic (exact) mass is 150 g/mol. The van der Waals surface area contributed by atoms with Crippen LogP contribution < -0.4 is 5.14 Å².